The van der Waals surface area contributed by atoms with Crippen molar-refractivity contribution < 1.29 is 9.90 Å². The van der Waals surface area contributed by atoms with E-state index in [0.717, 1.165) is 29.5 Å². The van der Waals surface area contributed by atoms with Gasteiger partial charge in [0.05, 0.1) is 12.0 Å². The number of aryl methyl sites for hydroxylation is 1. The zero-order valence-corrected chi connectivity index (χ0v) is 15.3. The van der Waals surface area contributed by atoms with E-state index in [4.69, 9.17) is 10.8 Å². The van der Waals surface area contributed by atoms with E-state index in [1.54, 1.807) is 7.05 Å². The molecule has 0 saturated carbocycles. The summed E-state index contributed by atoms with van der Waals surface area (Å²) in [7, 11) is 1.65. The third-order valence-corrected chi connectivity index (χ3v) is 4.94. The van der Waals surface area contributed by atoms with Gasteiger partial charge in [0, 0.05) is 13.7 Å². The van der Waals surface area contributed by atoms with Crippen LogP contribution in [0.15, 0.2) is 53.5 Å². The quantitative estimate of drug-likeness (QED) is 0.869. The molecule has 0 saturated heterocycles. The SMILES string of the molecule is CN1C(=O)CC(C)(c2cccc(-c3cccc(CCCO)c3)c2)N=C1N. The van der Waals surface area contributed by atoms with E-state index in [1.807, 2.05) is 25.1 Å². The van der Waals surface area contributed by atoms with Gasteiger partial charge in [-0.25, -0.2) is 4.99 Å². The summed E-state index contributed by atoms with van der Waals surface area (Å²) in [5.41, 5.74) is 9.64. The summed E-state index contributed by atoms with van der Waals surface area (Å²) >= 11 is 0. The van der Waals surface area contributed by atoms with Crippen molar-refractivity contribution in [2.24, 2.45) is 10.7 Å². The second kappa shape index (κ2) is 7.30. The molecule has 0 fully saturated rings. The van der Waals surface area contributed by atoms with Crippen LogP contribution in [0.3, 0.4) is 0 Å². The molecule has 1 amide bonds. The minimum atomic E-state index is -0.655. The Morgan fingerprint density at radius 1 is 1.19 bits per heavy atom. The highest BCUT2D eigenvalue weighted by Crippen LogP contribution is 2.35. The summed E-state index contributed by atoms with van der Waals surface area (Å²) in [6.45, 7) is 2.14. The molecule has 0 aliphatic carbocycles. The standard InChI is InChI=1S/C21H25N3O2/c1-21(14-19(26)24(2)20(22)23-21)18-10-4-9-17(13-18)16-8-3-6-15(12-16)7-5-11-25/h3-4,6,8-10,12-13,25H,5,7,11,14H2,1-2H3,(H2,22,23). The minimum Gasteiger partial charge on any atom is -0.396 e. The van der Waals surface area contributed by atoms with E-state index in [0.29, 0.717) is 6.42 Å². The molecule has 1 aliphatic heterocycles. The van der Waals surface area contributed by atoms with Gasteiger partial charge in [-0.05, 0) is 48.1 Å². The molecule has 0 radical (unpaired) electrons. The summed E-state index contributed by atoms with van der Waals surface area (Å²) in [6.07, 6.45) is 1.90. The Hall–Kier alpha value is -2.66. The molecular formula is C21H25N3O2. The summed E-state index contributed by atoms with van der Waals surface area (Å²) in [6, 6.07) is 16.5. The van der Waals surface area contributed by atoms with Crippen molar-refractivity contribution in [2.45, 2.75) is 31.7 Å². The number of hydrogen-bond donors (Lipinski definition) is 2. The van der Waals surface area contributed by atoms with Gasteiger partial charge in [-0.2, -0.15) is 0 Å². The molecule has 0 aromatic heterocycles. The van der Waals surface area contributed by atoms with Gasteiger partial charge in [-0.1, -0.05) is 42.5 Å². The average Bonchev–Trinajstić information content (AvgIpc) is 2.65. The van der Waals surface area contributed by atoms with Gasteiger partial charge < -0.3 is 10.8 Å². The van der Waals surface area contributed by atoms with Crippen molar-refractivity contribution in [1.82, 2.24) is 4.90 Å². The molecule has 3 rings (SSSR count). The lowest BCUT2D eigenvalue weighted by Gasteiger charge is -2.33. The highest BCUT2D eigenvalue weighted by Gasteiger charge is 2.36. The average molecular weight is 351 g/mol. The molecular weight excluding hydrogens is 326 g/mol. The van der Waals surface area contributed by atoms with Crippen molar-refractivity contribution in [1.29, 1.82) is 0 Å². The van der Waals surface area contributed by atoms with E-state index in [2.05, 4.69) is 35.3 Å². The van der Waals surface area contributed by atoms with Gasteiger partial charge in [0.15, 0.2) is 5.96 Å². The van der Waals surface area contributed by atoms with E-state index in [-0.39, 0.29) is 18.5 Å². The van der Waals surface area contributed by atoms with Gasteiger partial charge in [-0.15, -0.1) is 0 Å². The molecule has 5 nitrogen and oxygen atoms in total. The number of benzene rings is 2. The van der Waals surface area contributed by atoms with Crippen LogP contribution in [-0.4, -0.2) is 35.5 Å². The number of amides is 1. The smallest absolute Gasteiger partial charge is 0.231 e. The summed E-state index contributed by atoms with van der Waals surface area (Å²) in [5, 5.41) is 9.03. The lowest BCUT2D eigenvalue weighted by Crippen LogP contribution is -2.47. The molecule has 26 heavy (non-hydrogen) atoms. The van der Waals surface area contributed by atoms with Crippen molar-refractivity contribution in [2.75, 3.05) is 13.7 Å². The molecule has 1 heterocycles. The number of nitrogens with two attached hydrogens (primary N) is 1. The van der Waals surface area contributed by atoms with Gasteiger partial charge in [0.2, 0.25) is 5.91 Å². The maximum Gasteiger partial charge on any atom is 0.231 e. The van der Waals surface area contributed by atoms with Crippen molar-refractivity contribution in [3.8, 4) is 11.1 Å². The molecule has 5 heteroatoms. The Bertz CT molecular complexity index is 847. The second-order valence-corrected chi connectivity index (χ2v) is 6.98. The number of aliphatic hydroxyl groups excluding tert-OH is 1. The molecule has 3 N–H and O–H groups in total. The molecule has 2 aromatic rings. The van der Waals surface area contributed by atoms with Gasteiger partial charge in [0.25, 0.3) is 0 Å². The lowest BCUT2D eigenvalue weighted by atomic mass is 9.86. The van der Waals surface area contributed by atoms with Crippen LogP contribution in [-0.2, 0) is 16.8 Å². The van der Waals surface area contributed by atoms with E-state index >= 15 is 0 Å². The first-order valence-corrected chi connectivity index (χ1v) is 8.85. The maximum atomic E-state index is 12.2. The maximum absolute atomic E-state index is 12.2. The first kappa shape index (κ1) is 18.1. The number of guanidine groups is 1. The molecule has 2 aromatic carbocycles. The zero-order valence-electron chi connectivity index (χ0n) is 15.3. The zero-order chi connectivity index (χ0) is 18.7. The molecule has 136 valence electrons. The normalized spacial score (nSPS) is 20.2. The van der Waals surface area contributed by atoms with Crippen LogP contribution in [0.4, 0.5) is 0 Å². The molecule has 0 spiro atoms. The number of aliphatic imine (C=N–C) groups is 1. The molecule has 1 aliphatic rings. The predicted molar refractivity (Wildman–Crippen MR) is 104 cm³/mol. The highest BCUT2D eigenvalue weighted by molar-refractivity contribution is 5.98. The first-order chi connectivity index (χ1) is 12.4. The fraction of sp³-hybridized carbons (Fsp3) is 0.333. The largest absolute Gasteiger partial charge is 0.396 e. The Kier molecular flexibility index (Phi) is 5.09. The third kappa shape index (κ3) is 3.63. The van der Waals surface area contributed by atoms with Crippen LogP contribution in [0.2, 0.25) is 0 Å². The number of nitrogens with zero attached hydrogens (tertiary/aromatic N) is 2. The first-order valence-electron chi connectivity index (χ1n) is 8.85. The predicted octanol–water partition coefficient (Wildman–Crippen LogP) is 2.67. The van der Waals surface area contributed by atoms with Crippen LogP contribution in [0, 0.1) is 0 Å². The Balaban J connectivity index is 1.95. The van der Waals surface area contributed by atoms with Crippen molar-refractivity contribution in [3.63, 3.8) is 0 Å². The molecule has 0 bridgehead atoms. The van der Waals surface area contributed by atoms with Crippen LogP contribution in [0.25, 0.3) is 11.1 Å². The fourth-order valence-corrected chi connectivity index (χ4v) is 3.30. The fourth-order valence-electron chi connectivity index (χ4n) is 3.30. The summed E-state index contributed by atoms with van der Waals surface area (Å²) < 4.78 is 0. The Labute approximate surface area is 154 Å². The van der Waals surface area contributed by atoms with Crippen LogP contribution >= 0.6 is 0 Å². The number of carbonyl (C=O) groups is 1. The number of carbonyl (C=O) groups excluding carboxylic acids is 1. The van der Waals surface area contributed by atoms with E-state index in [9.17, 15) is 4.79 Å². The van der Waals surface area contributed by atoms with Crippen molar-refractivity contribution >= 4 is 11.9 Å². The Morgan fingerprint density at radius 2 is 1.88 bits per heavy atom. The van der Waals surface area contributed by atoms with Gasteiger partial charge in [-0.3, -0.25) is 9.69 Å². The molecule has 1 atom stereocenters. The van der Waals surface area contributed by atoms with Crippen LogP contribution in [0.1, 0.15) is 30.9 Å². The Morgan fingerprint density at radius 3 is 2.58 bits per heavy atom. The summed E-state index contributed by atoms with van der Waals surface area (Å²) in [4.78, 5) is 18.2. The third-order valence-electron chi connectivity index (χ3n) is 4.94. The second-order valence-electron chi connectivity index (χ2n) is 6.98. The van der Waals surface area contributed by atoms with Crippen molar-refractivity contribution in [3.05, 3.63) is 59.7 Å². The van der Waals surface area contributed by atoms with E-state index in [1.165, 1.54) is 10.5 Å². The van der Waals surface area contributed by atoms with Gasteiger partial charge >= 0.3 is 0 Å². The highest BCUT2D eigenvalue weighted by atomic mass is 16.2. The molecule has 1 unspecified atom stereocenters. The van der Waals surface area contributed by atoms with E-state index < -0.39 is 5.54 Å². The number of rotatable bonds is 5. The number of aliphatic hydroxyl groups is 1. The van der Waals surface area contributed by atoms with Gasteiger partial charge in [0.1, 0.15) is 0 Å². The number of hydrogen-bond acceptors (Lipinski definition) is 4. The topological polar surface area (TPSA) is 78.9 Å². The summed E-state index contributed by atoms with van der Waals surface area (Å²) in [5.74, 6) is 0.219. The minimum absolute atomic E-state index is 0.0311. The van der Waals surface area contributed by atoms with Crippen LogP contribution in [0.5, 0.6) is 0 Å². The van der Waals surface area contributed by atoms with Crippen LogP contribution < -0.4 is 5.73 Å². The lowest BCUT2D eigenvalue weighted by molar-refractivity contribution is -0.128. The monoisotopic (exact) mass is 351 g/mol.